The van der Waals surface area contributed by atoms with Gasteiger partial charge >= 0.3 is 6.03 Å². The fourth-order valence-corrected chi connectivity index (χ4v) is 2.14. The van der Waals surface area contributed by atoms with E-state index in [1.54, 1.807) is 0 Å². The zero-order valence-corrected chi connectivity index (χ0v) is 10.1. The molecule has 2 rings (SSSR count). The molecule has 82 valence electrons. The molecule has 1 N–H and O–H groups in total. The van der Waals surface area contributed by atoms with Crippen LogP contribution in [0.3, 0.4) is 0 Å². The molecule has 1 atom stereocenters. The molecule has 1 heterocycles. The molecule has 1 aromatic rings. The highest BCUT2D eigenvalue weighted by molar-refractivity contribution is 9.10. The second-order valence-electron chi connectivity index (χ2n) is 3.60. The van der Waals surface area contributed by atoms with Crippen LogP contribution < -0.4 is 5.32 Å². The van der Waals surface area contributed by atoms with Gasteiger partial charge in [-0.25, -0.2) is 4.79 Å². The molecule has 1 saturated heterocycles. The quantitative estimate of drug-likeness (QED) is 0.843. The van der Waals surface area contributed by atoms with E-state index in [0.29, 0.717) is 6.54 Å². The molecule has 1 unspecified atom stereocenters. The number of halogens is 1. The molecule has 16 heavy (non-hydrogen) atoms. The maximum absolute atomic E-state index is 11.5. The van der Waals surface area contributed by atoms with Gasteiger partial charge in [0.15, 0.2) is 0 Å². The van der Waals surface area contributed by atoms with Gasteiger partial charge in [0.25, 0.3) is 0 Å². The van der Waals surface area contributed by atoms with Crippen molar-refractivity contribution >= 4 is 22.0 Å². The summed E-state index contributed by atoms with van der Waals surface area (Å²) in [5, 5.41) is 11.4. The summed E-state index contributed by atoms with van der Waals surface area (Å²) in [6, 6.07) is 9.58. The molecule has 1 fully saturated rings. The molecule has 2 amide bonds. The second-order valence-corrected chi connectivity index (χ2v) is 4.51. The summed E-state index contributed by atoms with van der Waals surface area (Å²) in [4.78, 5) is 13.0. The van der Waals surface area contributed by atoms with E-state index in [1.165, 1.54) is 4.90 Å². The number of urea groups is 1. The zero-order chi connectivity index (χ0) is 11.5. The first-order valence-electron chi connectivity index (χ1n) is 4.88. The first-order chi connectivity index (χ1) is 7.70. The second kappa shape index (κ2) is 4.54. The van der Waals surface area contributed by atoms with E-state index in [2.05, 4.69) is 21.2 Å². The lowest BCUT2D eigenvalue weighted by molar-refractivity contribution is 0.222. The van der Waals surface area contributed by atoms with Crippen molar-refractivity contribution in [1.29, 1.82) is 5.26 Å². The lowest BCUT2D eigenvalue weighted by Crippen LogP contribution is -2.28. The maximum atomic E-state index is 11.5. The highest BCUT2D eigenvalue weighted by Crippen LogP contribution is 2.22. The van der Waals surface area contributed by atoms with Crippen LogP contribution in [0.25, 0.3) is 0 Å². The number of hydrogen-bond acceptors (Lipinski definition) is 2. The number of carbonyl (C=O) groups excluding carboxylic acids is 1. The number of nitriles is 1. The Hall–Kier alpha value is -1.54. The van der Waals surface area contributed by atoms with Gasteiger partial charge in [-0.3, -0.25) is 0 Å². The van der Waals surface area contributed by atoms with Crippen molar-refractivity contribution in [3.05, 3.63) is 34.3 Å². The van der Waals surface area contributed by atoms with E-state index in [-0.39, 0.29) is 18.6 Å². The van der Waals surface area contributed by atoms with Crippen LogP contribution >= 0.6 is 15.9 Å². The number of nitrogens with zero attached hydrogens (tertiary/aromatic N) is 2. The molecule has 5 heteroatoms. The van der Waals surface area contributed by atoms with Crippen LogP contribution in [0.4, 0.5) is 4.79 Å². The molecule has 0 saturated carbocycles. The summed E-state index contributed by atoms with van der Waals surface area (Å²) in [5.74, 6) is 0. The Labute approximate surface area is 102 Å². The van der Waals surface area contributed by atoms with Gasteiger partial charge in [-0.15, -0.1) is 0 Å². The summed E-state index contributed by atoms with van der Waals surface area (Å²) in [7, 11) is 0. The van der Waals surface area contributed by atoms with E-state index in [0.717, 1.165) is 10.0 Å². The third kappa shape index (κ3) is 2.17. The summed E-state index contributed by atoms with van der Waals surface area (Å²) in [6.07, 6.45) is 0. The van der Waals surface area contributed by atoms with E-state index in [1.807, 2.05) is 30.3 Å². The molecular formula is C11H10BrN3O. The zero-order valence-electron chi connectivity index (χ0n) is 8.48. The molecule has 0 spiro atoms. The summed E-state index contributed by atoms with van der Waals surface area (Å²) >= 11 is 3.39. The topological polar surface area (TPSA) is 56.1 Å². The Balaban J connectivity index is 2.14. The van der Waals surface area contributed by atoms with Gasteiger partial charge in [0.05, 0.1) is 12.1 Å². The third-order valence-corrected chi connectivity index (χ3v) is 2.99. The number of carbonyl (C=O) groups is 1. The molecule has 0 radical (unpaired) electrons. The predicted octanol–water partition coefficient (Wildman–Crippen LogP) is 2.04. The normalized spacial score (nSPS) is 19.4. The number of hydrogen-bond donors (Lipinski definition) is 1. The lowest BCUT2D eigenvalue weighted by Gasteiger charge is -2.10. The lowest BCUT2D eigenvalue weighted by atomic mass is 10.1. The summed E-state index contributed by atoms with van der Waals surface area (Å²) in [5.41, 5.74) is 1.04. The Kier molecular flexibility index (Phi) is 3.11. The van der Waals surface area contributed by atoms with Crippen molar-refractivity contribution in [2.24, 2.45) is 0 Å². The van der Waals surface area contributed by atoms with Crippen LogP contribution in [0.1, 0.15) is 11.6 Å². The van der Waals surface area contributed by atoms with Gasteiger partial charge in [0, 0.05) is 11.0 Å². The highest BCUT2D eigenvalue weighted by atomic mass is 79.9. The predicted molar refractivity (Wildman–Crippen MR) is 62.6 cm³/mol. The van der Waals surface area contributed by atoms with Gasteiger partial charge in [0.2, 0.25) is 0 Å². The summed E-state index contributed by atoms with van der Waals surface area (Å²) in [6.45, 7) is 0.680. The Bertz CT molecular complexity index is 455. The highest BCUT2D eigenvalue weighted by Gasteiger charge is 2.29. The number of rotatable bonds is 2. The van der Waals surface area contributed by atoms with Gasteiger partial charge in [-0.1, -0.05) is 28.1 Å². The number of benzene rings is 1. The van der Waals surface area contributed by atoms with Gasteiger partial charge < -0.3 is 10.2 Å². The van der Waals surface area contributed by atoms with Crippen LogP contribution in [-0.2, 0) is 0 Å². The molecule has 1 aliphatic rings. The van der Waals surface area contributed by atoms with E-state index < -0.39 is 0 Å². The van der Waals surface area contributed by atoms with Gasteiger partial charge in [0.1, 0.15) is 6.54 Å². The van der Waals surface area contributed by atoms with Gasteiger partial charge in [-0.2, -0.15) is 5.26 Å². The van der Waals surface area contributed by atoms with Gasteiger partial charge in [-0.05, 0) is 17.7 Å². The average molecular weight is 280 g/mol. The number of amides is 2. The summed E-state index contributed by atoms with van der Waals surface area (Å²) < 4.78 is 0.984. The van der Waals surface area contributed by atoms with Crippen molar-refractivity contribution < 1.29 is 4.79 Å². The van der Waals surface area contributed by atoms with Crippen LogP contribution in [-0.4, -0.2) is 24.0 Å². The van der Waals surface area contributed by atoms with E-state index in [9.17, 15) is 4.79 Å². The minimum absolute atomic E-state index is 0.0293. The minimum atomic E-state index is -0.175. The Morgan fingerprint density at radius 2 is 2.44 bits per heavy atom. The SMILES string of the molecule is N#CCN1CC(c2cccc(Br)c2)NC1=O. The standard InChI is InChI=1S/C11H10BrN3O/c12-9-3-1-2-8(6-9)10-7-15(5-4-13)11(16)14-10/h1-3,6,10H,5,7H2,(H,14,16). The largest absolute Gasteiger partial charge is 0.329 e. The molecule has 0 bridgehead atoms. The molecule has 4 nitrogen and oxygen atoms in total. The average Bonchev–Trinajstić information content (AvgIpc) is 2.61. The van der Waals surface area contributed by atoms with Crippen molar-refractivity contribution in [2.75, 3.05) is 13.1 Å². The molecule has 0 aliphatic carbocycles. The molecular weight excluding hydrogens is 270 g/mol. The van der Waals surface area contributed by atoms with Crippen LogP contribution in [0.5, 0.6) is 0 Å². The fraction of sp³-hybridized carbons (Fsp3) is 0.273. The molecule has 1 aliphatic heterocycles. The van der Waals surface area contributed by atoms with Crippen LogP contribution in [0.15, 0.2) is 28.7 Å². The molecule has 0 aromatic heterocycles. The van der Waals surface area contributed by atoms with Crippen molar-refractivity contribution in [1.82, 2.24) is 10.2 Å². The minimum Gasteiger partial charge on any atom is -0.329 e. The Morgan fingerprint density at radius 3 is 3.12 bits per heavy atom. The molecule has 1 aromatic carbocycles. The first kappa shape index (κ1) is 11.0. The van der Waals surface area contributed by atoms with E-state index >= 15 is 0 Å². The van der Waals surface area contributed by atoms with Crippen molar-refractivity contribution in [2.45, 2.75) is 6.04 Å². The van der Waals surface area contributed by atoms with Crippen molar-refractivity contribution in [3.8, 4) is 6.07 Å². The van der Waals surface area contributed by atoms with E-state index in [4.69, 9.17) is 5.26 Å². The third-order valence-electron chi connectivity index (χ3n) is 2.50. The fourth-order valence-electron chi connectivity index (χ4n) is 1.72. The number of nitrogens with one attached hydrogen (secondary N) is 1. The smallest absolute Gasteiger partial charge is 0.318 e. The maximum Gasteiger partial charge on any atom is 0.318 e. The van der Waals surface area contributed by atoms with Crippen molar-refractivity contribution in [3.63, 3.8) is 0 Å². The first-order valence-corrected chi connectivity index (χ1v) is 5.68. The van der Waals surface area contributed by atoms with Crippen LogP contribution in [0, 0.1) is 11.3 Å². The Morgan fingerprint density at radius 1 is 1.62 bits per heavy atom. The van der Waals surface area contributed by atoms with Crippen LogP contribution in [0.2, 0.25) is 0 Å². The monoisotopic (exact) mass is 279 g/mol.